The van der Waals surface area contributed by atoms with E-state index in [-0.39, 0.29) is 6.10 Å². The van der Waals surface area contributed by atoms with Crippen molar-refractivity contribution in [1.29, 1.82) is 0 Å². The Hall–Kier alpha value is -0.0900. The van der Waals surface area contributed by atoms with Crippen LogP contribution in [0.4, 0.5) is 0 Å². The van der Waals surface area contributed by atoms with Crippen LogP contribution in [0, 0.1) is 12.8 Å². The zero-order valence-electron chi connectivity index (χ0n) is 11.4. The number of benzene rings is 1. The van der Waals surface area contributed by atoms with Gasteiger partial charge < -0.3 is 4.74 Å². The summed E-state index contributed by atoms with van der Waals surface area (Å²) in [6.07, 6.45) is 5.87. The SMILES string of the molecule is Cc1ccc(C(CI)OC2CCC(C)CC2)cc1. The van der Waals surface area contributed by atoms with Gasteiger partial charge in [-0.25, -0.2) is 0 Å². The summed E-state index contributed by atoms with van der Waals surface area (Å²) >= 11 is 2.44. The van der Waals surface area contributed by atoms with Crippen molar-refractivity contribution >= 4 is 22.6 Å². The highest BCUT2D eigenvalue weighted by Gasteiger charge is 2.22. The normalized spacial score (nSPS) is 25.9. The van der Waals surface area contributed by atoms with Crippen LogP contribution in [-0.2, 0) is 4.74 Å². The van der Waals surface area contributed by atoms with Crippen molar-refractivity contribution in [3.63, 3.8) is 0 Å². The summed E-state index contributed by atoms with van der Waals surface area (Å²) in [6.45, 7) is 4.48. The number of ether oxygens (including phenoxy) is 1. The number of hydrogen-bond donors (Lipinski definition) is 0. The summed E-state index contributed by atoms with van der Waals surface area (Å²) in [5, 5.41) is 0. The van der Waals surface area contributed by atoms with Gasteiger partial charge >= 0.3 is 0 Å². The smallest absolute Gasteiger partial charge is 0.0918 e. The van der Waals surface area contributed by atoms with Gasteiger partial charge in [-0.05, 0) is 44.1 Å². The van der Waals surface area contributed by atoms with Crippen LogP contribution < -0.4 is 0 Å². The molecule has 1 aliphatic rings. The standard InChI is InChI=1S/C16H23IO/c1-12-3-7-14(8-4-12)16(11-17)18-15-9-5-13(2)6-10-15/h3-4,7-8,13,15-16H,5-6,9-11H2,1-2H3. The van der Waals surface area contributed by atoms with Gasteiger partial charge in [0.2, 0.25) is 0 Å². The van der Waals surface area contributed by atoms with Gasteiger partial charge in [0.05, 0.1) is 12.2 Å². The Kier molecular flexibility index (Phi) is 5.49. The summed E-state index contributed by atoms with van der Waals surface area (Å²) in [5.74, 6) is 0.891. The Bertz CT molecular complexity index is 352. The molecule has 1 aromatic rings. The van der Waals surface area contributed by atoms with Crippen molar-refractivity contribution in [2.24, 2.45) is 5.92 Å². The molecule has 1 saturated carbocycles. The number of rotatable bonds is 4. The molecule has 1 unspecified atom stereocenters. The molecule has 0 radical (unpaired) electrons. The molecule has 0 heterocycles. The third-order valence-electron chi connectivity index (χ3n) is 3.91. The monoisotopic (exact) mass is 358 g/mol. The average molecular weight is 358 g/mol. The molecule has 100 valence electrons. The fraction of sp³-hybridized carbons (Fsp3) is 0.625. The molecule has 2 heteroatoms. The van der Waals surface area contributed by atoms with Crippen LogP contribution in [0.1, 0.15) is 49.8 Å². The highest BCUT2D eigenvalue weighted by molar-refractivity contribution is 14.1. The maximum absolute atomic E-state index is 6.31. The highest BCUT2D eigenvalue weighted by atomic mass is 127. The number of hydrogen-bond acceptors (Lipinski definition) is 1. The van der Waals surface area contributed by atoms with Crippen LogP contribution in [0.15, 0.2) is 24.3 Å². The average Bonchev–Trinajstić information content (AvgIpc) is 2.39. The van der Waals surface area contributed by atoms with E-state index < -0.39 is 0 Å². The lowest BCUT2D eigenvalue weighted by Gasteiger charge is -2.29. The van der Waals surface area contributed by atoms with Crippen LogP contribution in [-0.4, -0.2) is 10.5 Å². The van der Waals surface area contributed by atoms with E-state index >= 15 is 0 Å². The predicted molar refractivity (Wildman–Crippen MR) is 85.3 cm³/mol. The Morgan fingerprint density at radius 3 is 2.33 bits per heavy atom. The summed E-state index contributed by atoms with van der Waals surface area (Å²) in [4.78, 5) is 0. The summed E-state index contributed by atoms with van der Waals surface area (Å²) in [6, 6.07) is 8.79. The van der Waals surface area contributed by atoms with Crippen molar-refractivity contribution in [3.05, 3.63) is 35.4 Å². The third-order valence-corrected chi connectivity index (χ3v) is 4.71. The molecule has 18 heavy (non-hydrogen) atoms. The molecule has 1 aliphatic carbocycles. The van der Waals surface area contributed by atoms with E-state index in [1.807, 2.05) is 0 Å². The number of alkyl halides is 1. The molecule has 1 nitrogen and oxygen atoms in total. The van der Waals surface area contributed by atoms with Gasteiger partial charge in [0, 0.05) is 4.43 Å². The molecule has 1 fully saturated rings. The summed E-state index contributed by atoms with van der Waals surface area (Å²) < 4.78 is 7.34. The van der Waals surface area contributed by atoms with E-state index in [0.717, 1.165) is 10.3 Å². The number of aryl methyl sites for hydroxylation is 1. The molecule has 1 aromatic carbocycles. The molecule has 0 N–H and O–H groups in total. The van der Waals surface area contributed by atoms with Crippen LogP contribution in [0.2, 0.25) is 0 Å². The largest absolute Gasteiger partial charge is 0.369 e. The molecule has 0 bridgehead atoms. The van der Waals surface area contributed by atoms with Gasteiger partial charge in [0.15, 0.2) is 0 Å². The Morgan fingerprint density at radius 2 is 1.78 bits per heavy atom. The first kappa shape index (κ1) is 14.3. The Morgan fingerprint density at radius 1 is 1.17 bits per heavy atom. The molecule has 0 saturated heterocycles. The van der Waals surface area contributed by atoms with Crippen molar-refractivity contribution in [2.75, 3.05) is 4.43 Å². The minimum atomic E-state index is 0.268. The third kappa shape index (κ3) is 3.95. The van der Waals surface area contributed by atoms with E-state index in [9.17, 15) is 0 Å². The zero-order chi connectivity index (χ0) is 13.0. The number of halogens is 1. The molecule has 0 spiro atoms. The topological polar surface area (TPSA) is 9.23 Å². The minimum absolute atomic E-state index is 0.268. The van der Waals surface area contributed by atoms with E-state index in [2.05, 4.69) is 60.7 Å². The lowest BCUT2D eigenvalue weighted by molar-refractivity contribution is -0.0248. The second-order valence-electron chi connectivity index (χ2n) is 5.57. The minimum Gasteiger partial charge on any atom is -0.369 e. The second-order valence-corrected chi connectivity index (χ2v) is 6.45. The van der Waals surface area contributed by atoms with Crippen molar-refractivity contribution in [3.8, 4) is 0 Å². The van der Waals surface area contributed by atoms with Crippen molar-refractivity contribution in [2.45, 2.75) is 51.7 Å². The van der Waals surface area contributed by atoms with Gasteiger partial charge in [-0.15, -0.1) is 0 Å². The van der Waals surface area contributed by atoms with Crippen LogP contribution in [0.3, 0.4) is 0 Å². The zero-order valence-corrected chi connectivity index (χ0v) is 13.5. The maximum atomic E-state index is 6.31. The molecular formula is C16H23IO. The quantitative estimate of drug-likeness (QED) is 0.540. The summed E-state index contributed by atoms with van der Waals surface area (Å²) in [5.41, 5.74) is 2.64. The fourth-order valence-electron chi connectivity index (χ4n) is 2.58. The van der Waals surface area contributed by atoms with E-state index in [0.29, 0.717) is 6.10 Å². The molecule has 2 rings (SSSR count). The highest BCUT2D eigenvalue weighted by Crippen LogP contribution is 2.30. The molecule has 0 amide bonds. The lowest BCUT2D eigenvalue weighted by atomic mass is 9.89. The molecule has 0 aromatic heterocycles. The van der Waals surface area contributed by atoms with E-state index in [1.165, 1.54) is 36.8 Å². The van der Waals surface area contributed by atoms with Crippen LogP contribution >= 0.6 is 22.6 Å². The Balaban J connectivity index is 1.94. The van der Waals surface area contributed by atoms with Gasteiger partial charge in [0.1, 0.15) is 0 Å². The van der Waals surface area contributed by atoms with Gasteiger partial charge in [-0.1, -0.05) is 59.3 Å². The van der Waals surface area contributed by atoms with Crippen LogP contribution in [0.25, 0.3) is 0 Å². The van der Waals surface area contributed by atoms with Gasteiger partial charge in [-0.3, -0.25) is 0 Å². The lowest BCUT2D eigenvalue weighted by Crippen LogP contribution is -2.23. The van der Waals surface area contributed by atoms with Crippen molar-refractivity contribution in [1.82, 2.24) is 0 Å². The Labute approximate surface area is 124 Å². The first-order chi connectivity index (χ1) is 8.69. The van der Waals surface area contributed by atoms with Gasteiger partial charge in [0.25, 0.3) is 0 Å². The van der Waals surface area contributed by atoms with E-state index in [4.69, 9.17) is 4.74 Å². The molecular weight excluding hydrogens is 335 g/mol. The molecule has 0 aliphatic heterocycles. The fourth-order valence-corrected chi connectivity index (χ4v) is 3.30. The molecule has 1 atom stereocenters. The predicted octanol–water partition coefficient (Wildman–Crippen LogP) is 5.07. The van der Waals surface area contributed by atoms with Gasteiger partial charge in [-0.2, -0.15) is 0 Å². The second kappa shape index (κ2) is 6.90. The van der Waals surface area contributed by atoms with Crippen molar-refractivity contribution < 1.29 is 4.74 Å². The maximum Gasteiger partial charge on any atom is 0.0918 e. The summed E-state index contributed by atoms with van der Waals surface area (Å²) in [7, 11) is 0. The first-order valence-corrected chi connectivity index (χ1v) is 8.49. The van der Waals surface area contributed by atoms with Crippen LogP contribution in [0.5, 0.6) is 0 Å². The van der Waals surface area contributed by atoms with E-state index in [1.54, 1.807) is 0 Å². The first-order valence-electron chi connectivity index (χ1n) is 6.97.